The first-order chi connectivity index (χ1) is 8.02. The number of esters is 2. The minimum absolute atomic E-state index is 0.113. The fourth-order valence-corrected chi connectivity index (χ4v) is 2.39. The molecule has 1 heterocycles. The molecular weight excluding hydrogens is 248 g/mol. The Morgan fingerprint density at radius 2 is 1.35 bits per heavy atom. The fraction of sp³-hybridized carbons (Fsp3) is 0.600. The first kappa shape index (κ1) is 13.7. The van der Waals surface area contributed by atoms with Crippen molar-refractivity contribution in [3.63, 3.8) is 0 Å². The molecule has 17 heavy (non-hydrogen) atoms. The van der Waals surface area contributed by atoms with Crippen molar-refractivity contribution < 1.29 is 28.7 Å². The van der Waals surface area contributed by atoms with Gasteiger partial charge >= 0.3 is 11.9 Å². The van der Waals surface area contributed by atoms with Gasteiger partial charge in [0.25, 0.3) is 0 Å². The molecule has 1 aliphatic rings. The summed E-state index contributed by atoms with van der Waals surface area (Å²) in [5.74, 6) is -3.37. The van der Waals surface area contributed by atoms with Gasteiger partial charge in [0.15, 0.2) is 10.5 Å². The zero-order chi connectivity index (χ0) is 13.0. The van der Waals surface area contributed by atoms with E-state index in [1.54, 1.807) is 13.8 Å². The van der Waals surface area contributed by atoms with E-state index in [-0.39, 0.29) is 13.2 Å². The van der Waals surface area contributed by atoms with Crippen LogP contribution in [0.25, 0.3) is 0 Å². The average molecular weight is 260 g/mol. The Kier molecular flexibility index (Phi) is 4.68. The predicted molar refractivity (Wildman–Crippen MR) is 58.4 cm³/mol. The molecule has 2 unspecified atom stereocenters. The SMILES string of the molecule is CCOC(=O)C1SC(C(=O)OCC)C(=O)C1=O. The Balaban J connectivity index is 2.75. The molecule has 7 heteroatoms. The smallest absolute Gasteiger partial charge is 0.327 e. The van der Waals surface area contributed by atoms with Crippen LogP contribution in [0.3, 0.4) is 0 Å². The number of hydrogen-bond donors (Lipinski definition) is 0. The third-order valence-corrected chi connectivity index (χ3v) is 3.35. The molecule has 0 saturated carbocycles. The van der Waals surface area contributed by atoms with Crippen LogP contribution in [0, 0.1) is 0 Å². The molecule has 0 aromatic rings. The lowest BCUT2D eigenvalue weighted by atomic mass is 10.1. The van der Waals surface area contributed by atoms with Crippen LogP contribution in [0.15, 0.2) is 0 Å². The number of thioether (sulfide) groups is 1. The number of rotatable bonds is 4. The molecule has 0 bridgehead atoms. The monoisotopic (exact) mass is 260 g/mol. The van der Waals surface area contributed by atoms with Crippen molar-refractivity contribution in [3.8, 4) is 0 Å². The maximum atomic E-state index is 11.5. The number of carbonyl (C=O) groups excluding carboxylic acids is 4. The lowest BCUT2D eigenvalue weighted by Crippen LogP contribution is -2.30. The van der Waals surface area contributed by atoms with Gasteiger partial charge in [-0.25, -0.2) is 0 Å². The van der Waals surface area contributed by atoms with Crippen LogP contribution in [-0.4, -0.2) is 47.2 Å². The summed E-state index contributed by atoms with van der Waals surface area (Å²) in [6.07, 6.45) is 0. The Morgan fingerprint density at radius 1 is 1.00 bits per heavy atom. The highest BCUT2D eigenvalue weighted by Gasteiger charge is 2.50. The molecule has 0 N–H and O–H groups in total. The normalized spacial score (nSPS) is 23.6. The van der Waals surface area contributed by atoms with Gasteiger partial charge in [0.05, 0.1) is 13.2 Å². The van der Waals surface area contributed by atoms with Gasteiger partial charge in [-0.2, -0.15) is 0 Å². The van der Waals surface area contributed by atoms with Crippen LogP contribution in [-0.2, 0) is 28.7 Å². The van der Waals surface area contributed by atoms with Gasteiger partial charge in [-0.05, 0) is 13.8 Å². The molecule has 0 aromatic carbocycles. The second-order valence-electron chi connectivity index (χ2n) is 3.13. The van der Waals surface area contributed by atoms with E-state index in [4.69, 9.17) is 0 Å². The van der Waals surface area contributed by atoms with Crippen LogP contribution < -0.4 is 0 Å². The van der Waals surface area contributed by atoms with Gasteiger partial charge in [0, 0.05) is 0 Å². The molecule has 1 saturated heterocycles. The van der Waals surface area contributed by atoms with E-state index in [1.165, 1.54) is 0 Å². The van der Waals surface area contributed by atoms with Crippen molar-refractivity contribution in [3.05, 3.63) is 0 Å². The summed E-state index contributed by atoms with van der Waals surface area (Å²) in [5.41, 5.74) is 0. The molecule has 1 aliphatic heterocycles. The molecule has 1 rings (SSSR count). The summed E-state index contributed by atoms with van der Waals surface area (Å²) < 4.78 is 9.30. The third kappa shape index (κ3) is 2.85. The standard InChI is InChI=1S/C10H12O6S/c1-3-15-9(13)7-5(11)6(12)8(17-7)10(14)16-4-2/h7-8H,3-4H2,1-2H3. The number of ether oxygens (including phenoxy) is 2. The topological polar surface area (TPSA) is 86.7 Å². The van der Waals surface area contributed by atoms with Crippen LogP contribution in [0.5, 0.6) is 0 Å². The summed E-state index contributed by atoms with van der Waals surface area (Å²) in [6, 6.07) is 0. The zero-order valence-corrected chi connectivity index (χ0v) is 10.2. The van der Waals surface area contributed by atoms with Crippen LogP contribution >= 0.6 is 11.8 Å². The molecule has 0 spiro atoms. The first-order valence-corrected chi connectivity index (χ1v) is 6.04. The van der Waals surface area contributed by atoms with E-state index in [1.807, 2.05) is 0 Å². The number of ketones is 2. The minimum atomic E-state index is -1.24. The molecule has 0 amide bonds. The molecule has 0 aromatic heterocycles. The van der Waals surface area contributed by atoms with E-state index in [2.05, 4.69) is 9.47 Å². The fourth-order valence-electron chi connectivity index (χ4n) is 1.28. The summed E-state index contributed by atoms with van der Waals surface area (Å²) in [5, 5.41) is -2.48. The van der Waals surface area contributed by atoms with Crippen molar-refractivity contribution in [2.24, 2.45) is 0 Å². The predicted octanol–water partition coefficient (Wildman–Crippen LogP) is -0.265. The van der Waals surface area contributed by atoms with Gasteiger partial charge in [-0.1, -0.05) is 0 Å². The lowest BCUT2D eigenvalue weighted by molar-refractivity contribution is -0.150. The Labute approximate surface area is 102 Å². The third-order valence-electron chi connectivity index (χ3n) is 1.99. The van der Waals surface area contributed by atoms with Gasteiger partial charge in [0.1, 0.15) is 0 Å². The van der Waals surface area contributed by atoms with Gasteiger partial charge in [-0.15, -0.1) is 11.8 Å². The Bertz CT molecular complexity index is 330. The summed E-state index contributed by atoms with van der Waals surface area (Å²) in [6.45, 7) is 3.40. The highest BCUT2D eigenvalue weighted by atomic mass is 32.2. The Hall–Kier alpha value is -1.37. The van der Waals surface area contributed by atoms with Crippen molar-refractivity contribution in [1.82, 2.24) is 0 Å². The average Bonchev–Trinajstić information content (AvgIpc) is 2.57. The van der Waals surface area contributed by atoms with Crippen LogP contribution in [0.4, 0.5) is 0 Å². The van der Waals surface area contributed by atoms with E-state index >= 15 is 0 Å². The molecular formula is C10H12O6S. The van der Waals surface area contributed by atoms with Gasteiger partial charge in [0.2, 0.25) is 11.6 Å². The molecule has 6 nitrogen and oxygen atoms in total. The second-order valence-corrected chi connectivity index (χ2v) is 4.34. The molecule has 2 atom stereocenters. The van der Waals surface area contributed by atoms with E-state index in [0.29, 0.717) is 11.8 Å². The van der Waals surface area contributed by atoms with Crippen molar-refractivity contribution in [1.29, 1.82) is 0 Å². The molecule has 94 valence electrons. The van der Waals surface area contributed by atoms with Crippen molar-refractivity contribution >= 4 is 35.3 Å². The molecule has 1 fully saturated rings. The van der Waals surface area contributed by atoms with Crippen molar-refractivity contribution in [2.45, 2.75) is 24.3 Å². The van der Waals surface area contributed by atoms with E-state index in [9.17, 15) is 19.2 Å². The quantitative estimate of drug-likeness (QED) is 0.391. The maximum Gasteiger partial charge on any atom is 0.327 e. The second kappa shape index (κ2) is 5.81. The first-order valence-electron chi connectivity index (χ1n) is 5.09. The Morgan fingerprint density at radius 3 is 1.65 bits per heavy atom. The summed E-state index contributed by atoms with van der Waals surface area (Å²) in [7, 11) is 0. The van der Waals surface area contributed by atoms with Crippen molar-refractivity contribution in [2.75, 3.05) is 13.2 Å². The molecule has 0 aliphatic carbocycles. The highest BCUT2D eigenvalue weighted by Crippen LogP contribution is 2.30. The van der Waals surface area contributed by atoms with E-state index < -0.39 is 34.0 Å². The van der Waals surface area contributed by atoms with Gasteiger partial charge < -0.3 is 9.47 Å². The summed E-state index contributed by atoms with van der Waals surface area (Å²) in [4.78, 5) is 45.6. The van der Waals surface area contributed by atoms with E-state index in [0.717, 1.165) is 0 Å². The lowest BCUT2D eigenvalue weighted by Gasteiger charge is -2.07. The minimum Gasteiger partial charge on any atom is -0.465 e. The largest absolute Gasteiger partial charge is 0.465 e. The number of carbonyl (C=O) groups is 4. The molecule has 0 radical (unpaired) electrons. The maximum absolute atomic E-state index is 11.5. The number of hydrogen-bond acceptors (Lipinski definition) is 7. The summed E-state index contributed by atoms with van der Waals surface area (Å²) >= 11 is 0.675. The van der Waals surface area contributed by atoms with Gasteiger partial charge in [-0.3, -0.25) is 19.2 Å². The van der Waals surface area contributed by atoms with Crippen LogP contribution in [0.1, 0.15) is 13.8 Å². The zero-order valence-electron chi connectivity index (χ0n) is 9.43. The van der Waals surface area contributed by atoms with Crippen LogP contribution in [0.2, 0.25) is 0 Å². The number of Topliss-reactive ketones (excluding diaryl/α,β-unsaturated/α-hetero) is 2. The highest BCUT2D eigenvalue weighted by molar-refractivity contribution is 8.04.